The first-order chi connectivity index (χ1) is 32.1. The zero-order valence-electron chi connectivity index (χ0n) is 38.2. The van der Waals surface area contributed by atoms with Gasteiger partial charge in [0.05, 0.1) is 26.0 Å². The van der Waals surface area contributed by atoms with Gasteiger partial charge in [-0.05, 0) is 124 Å². The van der Waals surface area contributed by atoms with E-state index < -0.39 is 37.8 Å². The minimum absolute atomic E-state index is 0. The van der Waals surface area contributed by atoms with E-state index in [1.54, 1.807) is 0 Å². The molecule has 0 heterocycles. The van der Waals surface area contributed by atoms with Crippen molar-refractivity contribution in [2.45, 2.75) is 64.2 Å². The summed E-state index contributed by atoms with van der Waals surface area (Å²) in [5, 5.41) is 46.1. The molecule has 6 aromatic carbocycles. The van der Waals surface area contributed by atoms with Gasteiger partial charge in [0.2, 0.25) is 0 Å². The zero-order chi connectivity index (χ0) is 47.2. The number of nitrogens with zero attached hydrogens (tertiary/aromatic N) is 4. The van der Waals surface area contributed by atoms with Crippen LogP contribution >= 0.6 is 15.8 Å². The minimum atomic E-state index is -1.75. The monoisotopic (exact) mass is 1180 g/mol. The maximum atomic E-state index is 11.6. The van der Waals surface area contributed by atoms with E-state index in [-0.39, 0.29) is 55.7 Å². The van der Waals surface area contributed by atoms with Crippen molar-refractivity contribution in [1.82, 2.24) is 10.9 Å². The van der Waals surface area contributed by atoms with Crippen molar-refractivity contribution >= 4 is 70.9 Å². The van der Waals surface area contributed by atoms with Crippen LogP contribution in [0.3, 0.4) is 0 Å². The average molecular weight is 1180 g/mol. The van der Waals surface area contributed by atoms with Gasteiger partial charge in [-0.2, -0.15) is 10.2 Å². The van der Waals surface area contributed by atoms with E-state index in [4.69, 9.17) is 30.6 Å². The molecule has 0 saturated heterocycles. The van der Waals surface area contributed by atoms with Crippen LogP contribution < -0.4 is 42.7 Å². The minimum Gasteiger partial charge on any atom is -0.457 e. The second-order valence-electron chi connectivity index (χ2n) is 14.8. The normalized spacial score (nSPS) is 11.9. The number of nitrogens with one attached hydrogen (secondary N) is 2. The van der Waals surface area contributed by atoms with Gasteiger partial charge in [-0.25, -0.2) is 10.9 Å². The number of hydrogen-bond acceptors (Lipinski definition) is 10. The van der Waals surface area contributed by atoms with Crippen molar-refractivity contribution in [1.29, 1.82) is 0 Å². The quantitative estimate of drug-likeness (QED) is 0.0462. The fourth-order valence-corrected chi connectivity index (χ4v) is 12.3. The fraction of sp³-hybridized carbons (Fsp3) is 0.200. The van der Waals surface area contributed by atoms with Crippen molar-refractivity contribution < 1.29 is 75.5 Å². The van der Waals surface area contributed by atoms with Crippen LogP contribution in [0.15, 0.2) is 192 Å². The van der Waals surface area contributed by atoms with Gasteiger partial charge in [0.1, 0.15) is 31.8 Å². The summed E-state index contributed by atoms with van der Waals surface area (Å²) in [7, 11) is -1.75. The molecule has 0 aliphatic heterocycles. The molecular weight excluding hydrogens is 1120 g/mol. The number of carbonyl (C=O) groups is 2. The number of rotatable bonds is 8. The Labute approximate surface area is 441 Å². The molecule has 2 fully saturated rings. The summed E-state index contributed by atoms with van der Waals surface area (Å²) >= 11 is 0. The molecule has 8 N–H and O–H groups in total. The van der Waals surface area contributed by atoms with Crippen LogP contribution in [0, 0.1) is 30.6 Å². The van der Waals surface area contributed by atoms with Gasteiger partial charge in [-0.15, -0.1) is 0 Å². The third kappa shape index (κ3) is 25.2. The van der Waals surface area contributed by atoms with Gasteiger partial charge in [0.25, 0.3) is 0 Å². The molecule has 0 atom stereocenters. The van der Waals surface area contributed by atoms with E-state index in [1.165, 1.54) is 44.7 Å². The van der Waals surface area contributed by atoms with Crippen LogP contribution in [0.4, 0.5) is 0 Å². The van der Waals surface area contributed by atoms with Gasteiger partial charge >= 0.3 is 56.6 Å². The summed E-state index contributed by atoms with van der Waals surface area (Å²) in [4.78, 5) is 39.6. The summed E-state index contributed by atoms with van der Waals surface area (Å²) in [6.07, 6.45) is 10.5. The third-order valence-electron chi connectivity index (χ3n) is 10.1. The van der Waals surface area contributed by atoms with Crippen molar-refractivity contribution in [3.63, 3.8) is 0 Å². The van der Waals surface area contributed by atoms with E-state index in [1.807, 2.05) is 0 Å². The topological polar surface area (TPSA) is 281 Å². The molecule has 0 radical (unpaired) electrons. The van der Waals surface area contributed by atoms with Gasteiger partial charge in [0.15, 0.2) is 0 Å². The standard InChI is InChI=1S/2C18H15P.C14H22N4O2.2Ag.2NO3.2H2O/c2*1-4-10-16(11-5-1)19(17-12-6-2-7-13-17)18-14-8-3-9-15-18;19-13(17-15-11-7-3-1-4-8-11)14(20)18-16-12-9-5-2-6-10-12;;;2*2-1(3)4;;/h2*1-15H;1-10H2,(H,17,19)(H,18,20);;;;;2*1H2/q;;;2*+1;2*-1;;/p+4. The second kappa shape index (κ2) is 38.1. The largest absolute Gasteiger partial charge is 1.00 e. The molecule has 70 heavy (non-hydrogen) atoms. The Kier molecular flexibility index (Phi) is 34.9. The molecule has 6 aromatic rings. The van der Waals surface area contributed by atoms with Crippen molar-refractivity contribution in [2.24, 2.45) is 10.2 Å². The summed E-state index contributed by atoms with van der Waals surface area (Å²) in [5.41, 5.74) is 6.55. The third-order valence-corrected chi connectivity index (χ3v) is 15.5. The molecule has 8 rings (SSSR count). The Morgan fingerprint density at radius 2 is 0.543 bits per heavy atom. The van der Waals surface area contributed by atoms with Crippen LogP contribution in [-0.4, -0.2) is 33.4 Å². The predicted molar refractivity (Wildman–Crippen MR) is 281 cm³/mol. The van der Waals surface area contributed by atoms with E-state index in [9.17, 15) is 9.59 Å². The maximum Gasteiger partial charge on any atom is 1.00 e. The van der Waals surface area contributed by atoms with E-state index in [0.29, 0.717) is 0 Å². The molecule has 0 spiro atoms. The Morgan fingerprint density at radius 1 is 0.371 bits per heavy atom. The number of hydrogen-bond donors (Lipinski definition) is 2. The Hall–Kier alpha value is -5.74. The number of hydrazone groups is 2. The number of amides is 2. The SMILES string of the molecule is O=C(NN=C1CCCCC1)C(=O)NN=C1CCCCC1.O=[N+]([O-])[O-].O=[N+]([O-])[O-].[Ag+].[Ag+].[OH3+].[OH3+].c1ccc([PH+](c2ccccc2)c2ccccc2)cc1.c1ccc([PH+](c2ccccc2)c2ccccc2)cc1. The van der Waals surface area contributed by atoms with Crippen LogP contribution in [0.1, 0.15) is 64.2 Å². The molecule has 16 nitrogen and oxygen atoms in total. The zero-order valence-corrected chi connectivity index (χ0v) is 43.2. The van der Waals surface area contributed by atoms with Gasteiger partial charge in [-0.3, -0.25) is 9.59 Å². The predicted octanol–water partition coefficient (Wildman–Crippen LogP) is 5.89. The van der Waals surface area contributed by atoms with Gasteiger partial charge in [-0.1, -0.05) is 122 Å². The number of benzene rings is 6. The van der Waals surface area contributed by atoms with Gasteiger partial charge in [0, 0.05) is 11.4 Å². The summed E-state index contributed by atoms with van der Waals surface area (Å²) in [6.45, 7) is 0. The van der Waals surface area contributed by atoms with E-state index in [0.717, 1.165) is 62.8 Å². The van der Waals surface area contributed by atoms with Crippen LogP contribution in [0.2, 0.25) is 0 Å². The first-order valence-corrected chi connectivity index (χ1v) is 24.5. The van der Waals surface area contributed by atoms with Crippen molar-refractivity contribution in [2.75, 3.05) is 0 Å². The van der Waals surface area contributed by atoms with E-state index in [2.05, 4.69) is 203 Å². The molecular formula is C50H60Ag2N6O10P2+4. The van der Waals surface area contributed by atoms with E-state index >= 15 is 0 Å². The Bertz CT molecular complexity index is 2040. The molecule has 0 aromatic heterocycles. The Balaban J connectivity index is 0.000000921. The maximum absolute atomic E-state index is 11.6. The van der Waals surface area contributed by atoms with Crippen molar-refractivity contribution in [3.8, 4) is 0 Å². The summed E-state index contributed by atoms with van der Waals surface area (Å²) in [5.74, 6) is -1.49. The summed E-state index contributed by atoms with van der Waals surface area (Å²) < 4.78 is 0. The Morgan fingerprint density at radius 3 is 0.714 bits per heavy atom. The molecule has 0 bridgehead atoms. The molecule has 2 amide bonds. The molecule has 0 unspecified atom stereocenters. The average Bonchev–Trinajstić information content (AvgIpc) is 3.35. The molecule has 2 aliphatic rings. The van der Waals surface area contributed by atoms with Crippen LogP contribution in [-0.2, 0) is 65.3 Å². The molecule has 378 valence electrons. The second-order valence-corrected chi connectivity index (χ2v) is 19.7. The first kappa shape index (κ1) is 64.3. The number of carbonyl (C=O) groups excluding carboxylic acids is 2. The first-order valence-electron chi connectivity index (χ1n) is 21.5. The van der Waals surface area contributed by atoms with Crippen molar-refractivity contribution in [3.05, 3.63) is 213 Å². The molecule has 2 saturated carbocycles. The smallest absolute Gasteiger partial charge is 0.457 e. The fourth-order valence-electron chi connectivity index (χ4n) is 7.13. The molecule has 20 heteroatoms. The summed E-state index contributed by atoms with van der Waals surface area (Å²) in [6, 6.07) is 65.0. The van der Waals surface area contributed by atoms with Gasteiger partial charge < -0.3 is 41.6 Å². The van der Waals surface area contributed by atoms with Crippen LogP contribution in [0.25, 0.3) is 0 Å². The molecule has 2 aliphatic carbocycles. The van der Waals surface area contributed by atoms with Crippen LogP contribution in [0.5, 0.6) is 0 Å².